The molecule has 3 nitrogen and oxygen atoms in total. The highest BCUT2D eigenvalue weighted by molar-refractivity contribution is 6.02. The molecular weight excluding hydrogens is 212 g/mol. The minimum absolute atomic E-state index is 0.156. The van der Waals surface area contributed by atoms with E-state index in [0.717, 1.165) is 16.8 Å². The normalized spacial score (nSPS) is 16.8. The van der Waals surface area contributed by atoms with Gasteiger partial charge in [-0.1, -0.05) is 6.08 Å². The molecule has 0 aliphatic carbocycles. The number of carbonyl (C=O) groups excluding carboxylic acids is 1. The summed E-state index contributed by atoms with van der Waals surface area (Å²) in [5.74, 6) is -0.386. The van der Waals surface area contributed by atoms with Crippen molar-refractivity contribution in [1.29, 1.82) is 0 Å². The van der Waals surface area contributed by atoms with Crippen LogP contribution < -0.4 is 11.1 Å². The first-order valence-electron chi connectivity index (χ1n) is 5.72. The molecule has 1 aromatic carbocycles. The summed E-state index contributed by atoms with van der Waals surface area (Å²) in [5.41, 5.74) is 10.0. The fourth-order valence-electron chi connectivity index (χ4n) is 2.40. The molecule has 0 unspecified atom stereocenters. The van der Waals surface area contributed by atoms with E-state index in [4.69, 9.17) is 5.73 Å². The van der Waals surface area contributed by atoms with Crippen LogP contribution >= 0.6 is 0 Å². The largest absolute Gasteiger partial charge is 0.376 e. The first kappa shape index (κ1) is 11.7. The Morgan fingerprint density at radius 3 is 2.53 bits per heavy atom. The van der Waals surface area contributed by atoms with Crippen LogP contribution in [-0.2, 0) is 0 Å². The van der Waals surface area contributed by atoms with E-state index in [1.165, 1.54) is 5.57 Å². The molecule has 1 aliphatic rings. The van der Waals surface area contributed by atoms with E-state index in [1.54, 1.807) is 0 Å². The van der Waals surface area contributed by atoms with Crippen molar-refractivity contribution < 1.29 is 4.79 Å². The molecule has 1 aromatic rings. The van der Waals surface area contributed by atoms with Crippen molar-refractivity contribution in [1.82, 2.24) is 0 Å². The highest BCUT2D eigenvalue weighted by atomic mass is 16.1. The van der Waals surface area contributed by atoms with Crippen LogP contribution in [0.2, 0.25) is 0 Å². The van der Waals surface area contributed by atoms with Gasteiger partial charge in [-0.05, 0) is 51.0 Å². The summed E-state index contributed by atoms with van der Waals surface area (Å²) < 4.78 is 0. The zero-order valence-corrected chi connectivity index (χ0v) is 10.7. The monoisotopic (exact) mass is 230 g/mol. The van der Waals surface area contributed by atoms with E-state index in [9.17, 15) is 4.79 Å². The van der Waals surface area contributed by atoms with Crippen molar-refractivity contribution >= 4 is 17.2 Å². The zero-order valence-electron chi connectivity index (χ0n) is 10.7. The lowest BCUT2D eigenvalue weighted by Gasteiger charge is -2.32. The summed E-state index contributed by atoms with van der Waals surface area (Å²) in [4.78, 5) is 11.5. The van der Waals surface area contributed by atoms with Gasteiger partial charge in [0.2, 0.25) is 0 Å². The molecule has 2 rings (SSSR count). The van der Waals surface area contributed by atoms with Crippen LogP contribution in [0.25, 0.3) is 5.57 Å². The van der Waals surface area contributed by atoms with E-state index in [1.807, 2.05) is 13.0 Å². The second-order valence-corrected chi connectivity index (χ2v) is 5.27. The molecule has 17 heavy (non-hydrogen) atoms. The molecule has 0 aromatic heterocycles. The molecule has 3 heteroatoms. The highest BCUT2D eigenvalue weighted by Crippen LogP contribution is 2.36. The molecule has 3 N–H and O–H groups in total. The van der Waals surface area contributed by atoms with Crippen LogP contribution in [-0.4, -0.2) is 11.4 Å². The summed E-state index contributed by atoms with van der Waals surface area (Å²) in [5, 5.41) is 3.37. The molecule has 0 radical (unpaired) electrons. The Labute approximate surface area is 102 Å². The van der Waals surface area contributed by atoms with Gasteiger partial charge in [-0.3, -0.25) is 4.79 Å². The summed E-state index contributed by atoms with van der Waals surface area (Å²) in [6.07, 6.45) is 2.17. The van der Waals surface area contributed by atoms with Crippen molar-refractivity contribution in [2.45, 2.75) is 33.2 Å². The molecule has 1 amide bonds. The highest BCUT2D eigenvalue weighted by Gasteiger charge is 2.26. The Hall–Kier alpha value is -1.77. The van der Waals surface area contributed by atoms with E-state index in [-0.39, 0.29) is 11.4 Å². The van der Waals surface area contributed by atoms with Gasteiger partial charge < -0.3 is 11.1 Å². The number of aryl methyl sites for hydroxylation is 1. The van der Waals surface area contributed by atoms with Crippen LogP contribution in [0.4, 0.5) is 5.69 Å². The Morgan fingerprint density at radius 2 is 1.94 bits per heavy atom. The summed E-state index contributed by atoms with van der Waals surface area (Å²) in [6, 6.07) is 3.92. The van der Waals surface area contributed by atoms with Crippen LogP contribution in [0.5, 0.6) is 0 Å². The fourth-order valence-corrected chi connectivity index (χ4v) is 2.40. The van der Waals surface area contributed by atoms with E-state index >= 15 is 0 Å². The number of nitrogens with one attached hydrogen (secondary N) is 1. The maximum atomic E-state index is 11.5. The number of hydrogen-bond donors (Lipinski definition) is 2. The standard InChI is InChI=1S/C14H18N2O/c1-8-5-10-9(2)7-14(3,4)16-12(10)11(6-8)13(15)17/h5-7,16H,1-4H3,(H2,15,17). The van der Waals surface area contributed by atoms with Crippen molar-refractivity contribution in [3.8, 4) is 0 Å². The van der Waals surface area contributed by atoms with Gasteiger partial charge in [0.25, 0.3) is 5.91 Å². The van der Waals surface area contributed by atoms with Gasteiger partial charge >= 0.3 is 0 Å². The lowest BCUT2D eigenvalue weighted by atomic mass is 9.88. The first-order chi connectivity index (χ1) is 7.80. The molecular formula is C14H18N2O. The molecule has 0 saturated carbocycles. The summed E-state index contributed by atoms with van der Waals surface area (Å²) in [7, 11) is 0. The van der Waals surface area contributed by atoms with Crippen LogP contribution in [0, 0.1) is 6.92 Å². The molecule has 0 spiro atoms. The smallest absolute Gasteiger partial charge is 0.250 e. The number of rotatable bonds is 1. The number of hydrogen-bond acceptors (Lipinski definition) is 2. The van der Waals surface area contributed by atoms with Gasteiger partial charge in [0.15, 0.2) is 0 Å². The lowest BCUT2D eigenvalue weighted by molar-refractivity contribution is 0.100. The van der Waals surface area contributed by atoms with Gasteiger partial charge in [-0.2, -0.15) is 0 Å². The Morgan fingerprint density at radius 1 is 1.29 bits per heavy atom. The lowest BCUT2D eigenvalue weighted by Crippen LogP contribution is -2.33. The number of anilines is 1. The quantitative estimate of drug-likeness (QED) is 0.779. The van der Waals surface area contributed by atoms with Crippen molar-refractivity contribution in [3.05, 3.63) is 34.9 Å². The maximum Gasteiger partial charge on any atom is 0.250 e. The van der Waals surface area contributed by atoms with Gasteiger partial charge in [0.05, 0.1) is 16.8 Å². The number of benzene rings is 1. The predicted molar refractivity (Wildman–Crippen MR) is 71.0 cm³/mol. The second-order valence-electron chi connectivity index (χ2n) is 5.27. The summed E-state index contributed by atoms with van der Waals surface area (Å²) in [6.45, 7) is 8.18. The molecule has 0 fully saturated rings. The molecule has 0 bridgehead atoms. The number of amides is 1. The molecule has 90 valence electrons. The number of primary amides is 1. The number of allylic oxidation sites excluding steroid dienone is 1. The zero-order chi connectivity index (χ0) is 12.8. The molecule has 0 atom stereocenters. The molecule has 1 aliphatic heterocycles. The minimum Gasteiger partial charge on any atom is -0.376 e. The molecule has 1 heterocycles. The van der Waals surface area contributed by atoms with Crippen LogP contribution in [0.1, 0.15) is 42.3 Å². The Kier molecular flexibility index (Phi) is 2.49. The number of fused-ring (bicyclic) bond motifs is 1. The number of carbonyl (C=O) groups is 1. The van der Waals surface area contributed by atoms with Gasteiger partial charge in [-0.15, -0.1) is 0 Å². The van der Waals surface area contributed by atoms with Gasteiger partial charge in [0, 0.05) is 5.56 Å². The third-order valence-electron chi connectivity index (χ3n) is 3.00. The SMILES string of the molecule is CC1=CC(C)(C)Nc2c(C(N)=O)cc(C)cc21. The number of nitrogens with two attached hydrogens (primary N) is 1. The molecule has 0 saturated heterocycles. The third kappa shape index (κ3) is 2.05. The third-order valence-corrected chi connectivity index (χ3v) is 3.00. The second kappa shape index (κ2) is 3.62. The minimum atomic E-state index is -0.386. The summed E-state index contributed by atoms with van der Waals surface area (Å²) >= 11 is 0. The van der Waals surface area contributed by atoms with Gasteiger partial charge in [0.1, 0.15) is 0 Å². The topological polar surface area (TPSA) is 55.1 Å². The van der Waals surface area contributed by atoms with Crippen molar-refractivity contribution in [2.24, 2.45) is 5.73 Å². The fraction of sp³-hybridized carbons (Fsp3) is 0.357. The Bertz CT molecular complexity index is 527. The van der Waals surface area contributed by atoms with E-state index in [2.05, 4.69) is 38.2 Å². The van der Waals surface area contributed by atoms with Crippen molar-refractivity contribution in [3.63, 3.8) is 0 Å². The van der Waals surface area contributed by atoms with Crippen LogP contribution in [0.15, 0.2) is 18.2 Å². The Balaban J connectivity index is 2.71. The van der Waals surface area contributed by atoms with Crippen molar-refractivity contribution in [2.75, 3.05) is 5.32 Å². The maximum absolute atomic E-state index is 11.5. The first-order valence-corrected chi connectivity index (χ1v) is 5.72. The van der Waals surface area contributed by atoms with Gasteiger partial charge in [-0.25, -0.2) is 0 Å². The average molecular weight is 230 g/mol. The van der Waals surface area contributed by atoms with Crippen LogP contribution in [0.3, 0.4) is 0 Å². The van der Waals surface area contributed by atoms with E-state index < -0.39 is 0 Å². The predicted octanol–water partition coefficient (Wildman–Crippen LogP) is 2.70. The van der Waals surface area contributed by atoms with E-state index in [0.29, 0.717) is 5.56 Å². The average Bonchev–Trinajstić information content (AvgIpc) is 2.17.